The SMILES string of the molecule is O=C1Nc2cc(C(O)NCc3cnc(-c4ccc(O)cc4)s3)ccc2Sc2c(F)cccc21. The second-order valence-corrected chi connectivity index (χ2v) is 9.56. The van der Waals surface area contributed by atoms with Crippen LogP contribution < -0.4 is 10.6 Å². The minimum Gasteiger partial charge on any atom is -0.508 e. The van der Waals surface area contributed by atoms with E-state index in [1.54, 1.807) is 54.7 Å². The van der Waals surface area contributed by atoms with Crippen LogP contribution in [0.25, 0.3) is 10.6 Å². The van der Waals surface area contributed by atoms with Crippen molar-refractivity contribution >= 4 is 34.7 Å². The number of hydrogen-bond donors (Lipinski definition) is 4. The van der Waals surface area contributed by atoms with E-state index < -0.39 is 12.0 Å². The first-order valence-corrected chi connectivity index (χ1v) is 11.7. The monoisotopic (exact) mass is 479 g/mol. The molecule has 9 heteroatoms. The van der Waals surface area contributed by atoms with Crippen molar-refractivity contribution in [3.63, 3.8) is 0 Å². The zero-order valence-electron chi connectivity index (χ0n) is 17.1. The molecule has 2 heterocycles. The minimum absolute atomic E-state index is 0.199. The van der Waals surface area contributed by atoms with Gasteiger partial charge in [-0.05, 0) is 54.1 Å². The minimum atomic E-state index is -0.973. The molecule has 0 saturated carbocycles. The molecule has 0 saturated heterocycles. The lowest BCUT2D eigenvalue weighted by atomic mass is 10.1. The highest BCUT2D eigenvalue weighted by Gasteiger charge is 2.23. The van der Waals surface area contributed by atoms with Crippen LogP contribution in [0, 0.1) is 5.82 Å². The summed E-state index contributed by atoms with van der Waals surface area (Å²) < 4.78 is 14.3. The molecule has 33 heavy (non-hydrogen) atoms. The Balaban J connectivity index is 1.29. The van der Waals surface area contributed by atoms with Gasteiger partial charge in [-0.15, -0.1) is 11.3 Å². The number of benzene rings is 3. The molecule has 1 aromatic heterocycles. The van der Waals surface area contributed by atoms with E-state index in [2.05, 4.69) is 15.6 Å². The summed E-state index contributed by atoms with van der Waals surface area (Å²) in [5.74, 6) is -0.631. The molecule has 0 spiro atoms. The zero-order valence-corrected chi connectivity index (χ0v) is 18.7. The van der Waals surface area contributed by atoms with Gasteiger partial charge in [0.2, 0.25) is 0 Å². The molecule has 4 aromatic rings. The van der Waals surface area contributed by atoms with Gasteiger partial charge in [0.25, 0.3) is 5.91 Å². The van der Waals surface area contributed by atoms with E-state index in [0.29, 0.717) is 22.7 Å². The van der Waals surface area contributed by atoms with Crippen molar-refractivity contribution < 1.29 is 19.4 Å². The number of aliphatic hydroxyl groups is 1. The predicted octanol–water partition coefficient (Wildman–Crippen LogP) is 5.15. The number of carbonyl (C=O) groups excluding carboxylic acids is 1. The fourth-order valence-electron chi connectivity index (χ4n) is 3.44. The van der Waals surface area contributed by atoms with Gasteiger partial charge in [0, 0.05) is 28.1 Å². The van der Waals surface area contributed by atoms with E-state index in [1.165, 1.54) is 35.2 Å². The van der Waals surface area contributed by atoms with E-state index in [1.807, 2.05) is 0 Å². The van der Waals surface area contributed by atoms with E-state index in [4.69, 9.17) is 0 Å². The third-order valence-corrected chi connectivity index (χ3v) is 7.37. The zero-order chi connectivity index (χ0) is 22.9. The Kier molecular flexibility index (Phi) is 5.86. The average molecular weight is 480 g/mol. The molecule has 3 aromatic carbocycles. The number of carbonyl (C=O) groups is 1. The Morgan fingerprint density at radius 2 is 1.94 bits per heavy atom. The number of rotatable bonds is 5. The van der Waals surface area contributed by atoms with Crippen LogP contribution in [0.5, 0.6) is 5.75 Å². The summed E-state index contributed by atoms with van der Waals surface area (Å²) in [6, 6.07) is 16.4. The molecule has 1 aliphatic rings. The summed E-state index contributed by atoms with van der Waals surface area (Å²) in [6.45, 7) is 0.395. The molecule has 0 fully saturated rings. The normalized spacial score (nSPS) is 13.6. The molecule has 166 valence electrons. The Labute approximate surface area is 197 Å². The molecule has 4 N–H and O–H groups in total. The van der Waals surface area contributed by atoms with Crippen LogP contribution in [0.1, 0.15) is 27.0 Å². The summed E-state index contributed by atoms with van der Waals surface area (Å²) in [4.78, 5) is 18.9. The van der Waals surface area contributed by atoms with Crippen molar-refractivity contribution in [2.75, 3.05) is 5.32 Å². The summed E-state index contributed by atoms with van der Waals surface area (Å²) in [6.07, 6.45) is 0.769. The molecule has 1 amide bonds. The van der Waals surface area contributed by atoms with E-state index in [9.17, 15) is 19.4 Å². The number of hydrogen-bond acceptors (Lipinski definition) is 7. The van der Waals surface area contributed by atoms with Gasteiger partial charge in [-0.25, -0.2) is 9.37 Å². The fraction of sp³-hybridized carbons (Fsp3) is 0.0833. The quantitative estimate of drug-likeness (QED) is 0.296. The highest BCUT2D eigenvalue weighted by Crippen LogP contribution is 2.41. The van der Waals surface area contributed by atoms with Crippen LogP contribution in [0.3, 0.4) is 0 Å². The Bertz CT molecular complexity index is 1340. The van der Waals surface area contributed by atoms with Gasteiger partial charge in [-0.1, -0.05) is 23.9 Å². The largest absolute Gasteiger partial charge is 0.508 e. The lowest BCUT2D eigenvalue weighted by molar-refractivity contribution is 0.102. The Morgan fingerprint density at radius 3 is 2.76 bits per heavy atom. The van der Waals surface area contributed by atoms with Crippen LogP contribution in [-0.4, -0.2) is 21.1 Å². The number of aromatic hydroxyl groups is 1. The van der Waals surface area contributed by atoms with Gasteiger partial charge < -0.3 is 15.5 Å². The lowest BCUT2D eigenvalue weighted by Gasteiger charge is -2.15. The summed E-state index contributed by atoms with van der Waals surface area (Å²) in [7, 11) is 0. The van der Waals surface area contributed by atoms with E-state index in [-0.39, 0.29) is 22.1 Å². The number of thiazole rings is 1. The van der Waals surface area contributed by atoms with Crippen LogP contribution in [-0.2, 0) is 6.54 Å². The standard InChI is InChI=1S/C24H18FN3O3S2/c25-18-3-1-2-17-21(18)33-20-9-6-14(10-19(20)28-23(17)31)22(30)26-11-16-12-27-24(32-16)13-4-7-15(29)8-5-13/h1-10,12,22,26,29-30H,11H2,(H,28,31). The molecule has 1 unspecified atom stereocenters. The Hall–Kier alpha value is -3.24. The van der Waals surface area contributed by atoms with E-state index >= 15 is 0 Å². The molecule has 1 atom stereocenters. The maximum absolute atomic E-state index is 14.3. The number of nitrogens with zero attached hydrogens (tertiary/aromatic N) is 1. The van der Waals surface area contributed by atoms with Crippen molar-refractivity contribution in [2.45, 2.75) is 22.6 Å². The number of anilines is 1. The van der Waals surface area contributed by atoms with Crippen molar-refractivity contribution in [3.8, 4) is 16.3 Å². The van der Waals surface area contributed by atoms with Crippen LogP contribution in [0.4, 0.5) is 10.1 Å². The number of phenolic OH excluding ortho intramolecular Hbond substituents is 1. The van der Waals surface area contributed by atoms with Gasteiger partial charge in [-0.3, -0.25) is 10.1 Å². The van der Waals surface area contributed by atoms with Crippen LogP contribution in [0.2, 0.25) is 0 Å². The lowest BCUT2D eigenvalue weighted by Crippen LogP contribution is -2.20. The third-order valence-electron chi connectivity index (χ3n) is 5.13. The van der Waals surface area contributed by atoms with Crippen molar-refractivity contribution in [2.24, 2.45) is 0 Å². The van der Waals surface area contributed by atoms with Gasteiger partial charge in [0.15, 0.2) is 0 Å². The van der Waals surface area contributed by atoms with Crippen molar-refractivity contribution in [3.05, 3.63) is 88.7 Å². The second kappa shape index (κ2) is 8.95. The summed E-state index contributed by atoms with van der Waals surface area (Å²) in [5, 5.41) is 26.8. The Morgan fingerprint density at radius 1 is 1.12 bits per heavy atom. The average Bonchev–Trinajstić information content (AvgIpc) is 3.23. The van der Waals surface area contributed by atoms with Crippen molar-refractivity contribution in [1.29, 1.82) is 0 Å². The molecule has 1 aliphatic heterocycles. The van der Waals surface area contributed by atoms with Gasteiger partial charge in [0.1, 0.15) is 22.8 Å². The molecular weight excluding hydrogens is 461 g/mol. The highest BCUT2D eigenvalue weighted by molar-refractivity contribution is 7.99. The topological polar surface area (TPSA) is 94.5 Å². The number of halogens is 1. The number of fused-ring (bicyclic) bond motifs is 2. The maximum atomic E-state index is 14.3. The van der Waals surface area contributed by atoms with Crippen LogP contribution >= 0.6 is 23.1 Å². The number of nitrogens with one attached hydrogen (secondary N) is 2. The van der Waals surface area contributed by atoms with Gasteiger partial charge in [0.05, 0.1) is 16.1 Å². The predicted molar refractivity (Wildman–Crippen MR) is 126 cm³/mol. The highest BCUT2D eigenvalue weighted by atomic mass is 32.2. The molecule has 0 bridgehead atoms. The summed E-state index contributed by atoms with van der Waals surface area (Å²) in [5.41, 5.74) is 2.28. The van der Waals surface area contributed by atoms with Crippen molar-refractivity contribution in [1.82, 2.24) is 10.3 Å². The fourth-order valence-corrected chi connectivity index (χ4v) is 5.32. The molecule has 5 rings (SSSR count). The summed E-state index contributed by atoms with van der Waals surface area (Å²) >= 11 is 2.67. The number of amides is 1. The first kappa shape index (κ1) is 21.6. The molecule has 0 aliphatic carbocycles. The smallest absolute Gasteiger partial charge is 0.256 e. The van der Waals surface area contributed by atoms with E-state index in [0.717, 1.165) is 15.4 Å². The van der Waals surface area contributed by atoms with Gasteiger partial charge >= 0.3 is 0 Å². The van der Waals surface area contributed by atoms with Gasteiger partial charge in [-0.2, -0.15) is 0 Å². The molecule has 6 nitrogen and oxygen atoms in total. The first-order valence-electron chi connectivity index (χ1n) is 10.0. The molecular formula is C24H18FN3O3S2. The number of aliphatic hydroxyl groups excluding tert-OH is 1. The third kappa shape index (κ3) is 4.49. The second-order valence-electron chi connectivity index (χ2n) is 7.39. The first-order chi connectivity index (χ1) is 16.0. The maximum Gasteiger partial charge on any atom is 0.256 e. The van der Waals surface area contributed by atoms with Crippen LogP contribution in [0.15, 0.2) is 76.7 Å². The molecule has 0 radical (unpaired) electrons. The number of aromatic nitrogens is 1. The number of phenols is 1.